The first-order valence-corrected chi connectivity index (χ1v) is 8.53. The van der Waals surface area contributed by atoms with Crippen molar-refractivity contribution in [1.29, 1.82) is 0 Å². The minimum absolute atomic E-state index is 0.249. The zero-order chi connectivity index (χ0) is 17.1. The van der Waals surface area contributed by atoms with Gasteiger partial charge in [0.2, 0.25) is 0 Å². The van der Waals surface area contributed by atoms with Crippen LogP contribution in [0, 0.1) is 0 Å². The number of nitrogens with one attached hydrogen (secondary N) is 1. The lowest BCUT2D eigenvalue weighted by Crippen LogP contribution is -2.33. The highest BCUT2D eigenvalue weighted by molar-refractivity contribution is 5.78. The van der Waals surface area contributed by atoms with Crippen LogP contribution >= 0.6 is 0 Å². The number of nitrogens with zero attached hydrogens (tertiary/aromatic N) is 3. The van der Waals surface area contributed by atoms with Crippen molar-refractivity contribution >= 4 is 10.9 Å². The average Bonchev–Trinajstić information content (AvgIpc) is 3.27. The minimum Gasteiger partial charge on any atom is -0.490 e. The van der Waals surface area contributed by atoms with Crippen molar-refractivity contribution in [1.82, 2.24) is 20.1 Å². The van der Waals surface area contributed by atoms with Crippen molar-refractivity contribution in [2.75, 3.05) is 20.3 Å². The highest BCUT2D eigenvalue weighted by Crippen LogP contribution is 2.24. The van der Waals surface area contributed by atoms with Gasteiger partial charge in [-0.1, -0.05) is 12.1 Å². The summed E-state index contributed by atoms with van der Waals surface area (Å²) in [6, 6.07) is 10.6. The van der Waals surface area contributed by atoms with E-state index in [9.17, 15) is 0 Å². The van der Waals surface area contributed by atoms with Crippen LogP contribution in [-0.2, 0) is 11.3 Å². The second-order valence-corrected chi connectivity index (χ2v) is 6.47. The van der Waals surface area contributed by atoms with Gasteiger partial charge in [-0.15, -0.1) is 0 Å². The van der Waals surface area contributed by atoms with Crippen LogP contribution < -0.4 is 4.74 Å². The summed E-state index contributed by atoms with van der Waals surface area (Å²) in [5.74, 6) is 0.808. The van der Waals surface area contributed by atoms with Gasteiger partial charge >= 0.3 is 0 Å². The van der Waals surface area contributed by atoms with Crippen molar-refractivity contribution in [2.45, 2.75) is 25.1 Å². The van der Waals surface area contributed by atoms with Gasteiger partial charge in [0.1, 0.15) is 12.4 Å². The Kier molecular flexibility index (Phi) is 4.63. The second-order valence-electron chi connectivity index (χ2n) is 6.47. The Morgan fingerprint density at radius 2 is 2.24 bits per heavy atom. The normalized spacial score (nSPS) is 21.0. The predicted octanol–water partition coefficient (Wildman–Crippen LogP) is 2.63. The molecule has 0 radical (unpaired) electrons. The zero-order valence-corrected chi connectivity index (χ0v) is 14.3. The van der Waals surface area contributed by atoms with Gasteiger partial charge in [0.05, 0.1) is 24.0 Å². The van der Waals surface area contributed by atoms with Crippen molar-refractivity contribution in [3.05, 3.63) is 54.5 Å². The molecule has 6 heteroatoms. The molecule has 2 aromatic heterocycles. The summed E-state index contributed by atoms with van der Waals surface area (Å²) in [7, 11) is 1.78. The Morgan fingerprint density at radius 3 is 3.08 bits per heavy atom. The van der Waals surface area contributed by atoms with Gasteiger partial charge in [0.15, 0.2) is 0 Å². The number of aromatic amines is 1. The zero-order valence-electron chi connectivity index (χ0n) is 14.3. The number of hydrogen-bond donors (Lipinski definition) is 1. The van der Waals surface area contributed by atoms with Gasteiger partial charge in [-0.2, -0.15) is 5.10 Å². The first-order chi connectivity index (χ1) is 12.3. The Morgan fingerprint density at radius 1 is 1.28 bits per heavy atom. The lowest BCUT2D eigenvalue weighted by molar-refractivity contribution is 0.107. The number of pyridine rings is 1. The Bertz CT molecular complexity index is 820. The SMILES string of the molecule is CO[C@@H]1C[C@@H](COc2cccnc2)N(Cc2ccc3cn[nH]c3c2)C1. The molecule has 130 valence electrons. The van der Waals surface area contributed by atoms with E-state index in [1.54, 1.807) is 19.5 Å². The summed E-state index contributed by atoms with van der Waals surface area (Å²) in [5.41, 5.74) is 2.34. The number of likely N-dealkylation sites (tertiary alicyclic amines) is 1. The van der Waals surface area contributed by atoms with Gasteiger partial charge in [-0.05, 0) is 30.2 Å². The smallest absolute Gasteiger partial charge is 0.137 e. The van der Waals surface area contributed by atoms with Crippen molar-refractivity contribution in [3.63, 3.8) is 0 Å². The van der Waals surface area contributed by atoms with Crippen molar-refractivity contribution < 1.29 is 9.47 Å². The lowest BCUT2D eigenvalue weighted by Gasteiger charge is -2.24. The molecular formula is C19H22N4O2. The highest BCUT2D eigenvalue weighted by atomic mass is 16.5. The van der Waals surface area contributed by atoms with E-state index < -0.39 is 0 Å². The number of aromatic nitrogens is 3. The molecule has 1 aliphatic heterocycles. The molecular weight excluding hydrogens is 316 g/mol. The Hall–Kier alpha value is -2.44. The lowest BCUT2D eigenvalue weighted by atomic mass is 10.1. The van der Waals surface area contributed by atoms with Gasteiger partial charge in [-0.3, -0.25) is 15.0 Å². The number of ether oxygens (including phenoxy) is 2. The van der Waals surface area contributed by atoms with Crippen LogP contribution in [0.25, 0.3) is 10.9 Å². The van der Waals surface area contributed by atoms with Crippen LogP contribution in [0.15, 0.2) is 48.9 Å². The maximum Gasteiger partial charge on any atom is 0.137 e. The standard InChI is InChI=1S/C19H22N4O2/c1-24-18-8-16(13-25-17-3-2-6-20-10-17)23(12-18)11-14-4-5-15-9-21-22-19(15)7-14/h2-7,9-10,16,18H,8,11-13H2,1H3,(H,21,22)/t16-,18+/m0/s1. The largest absolute Gasteiger partial charge is 0.490 e. The molecule has 0 amide bonds. The summed E-state index contributed by atoms with van der Waals surface area (Å²) >= 11 is 0. The number of H-pyrrole nitrogens is 1. The molecule has 6 nitrogen and oxygen atoms in total. The molecule has 0 bridgehead atoms. The molecule has 1 N–H and O–H groups in total. The topological polar surface area (TPSA) is 63.3 Å². The van der Waals surface area contributed by atoms with E-state index in [-0.39, 0.29) is 6.10 Å². The van der Waals surface area contributed by atoms with Gasteiger partial charge < -0.3 is 9.47 Å². The number of methoxy groups -OCH3 is 1. The molecule has 1 fully saturated rings. The fraction of sp³-hybridized carbons (Fsp3) is 0.368. The van der Waals surface area contributed by atoms with Gasteiger partial charge in [0, 0.05) is 37.8 Å². The van der Waals surface area contributed by atoms with Crippen LogP contribution in [0.2, 0.25) is 0 Å². The summed E-state index contributed by atoms with van der Waals surface area (Å²) in [5, 5.41) is 8.27. The third kappa shape index (κ3) is 3.65. The number of benzene rings is 1. The maximum atomic E-state index is 5.93. The van der Waals surface area contributed by atoms with E-state index in [4.69, 9.17) is 9.47 Å². The third-order valence-electron chi connectivity index (χ3n) is 4.79. The van der Waals surface area contributed by atoms with Crippen LogP contribution in [0.5, 0.6) is 5.75 Å². The molecule has 3 aromatic rings. The number of hydrogen-bond acceptors (Lipinski definition) is 5. The van der Waals surface area contributed by atoms with E-state index in [2.05, 4.69) is 38.3 Å². The number of rotatable bonds is 6. The summed E-state index contributed by atoms with van der Waals surface area (Å²) in [6.45, 7) is 2.42. The van der Waals surface area contributed by atoms with Gasteiger partial charge in [-0.25, -0.2) is 0 Å². The monoisotopic (exact) mass is 338 g/mol. The molecule has 2 atom stereocenters. The fourth-order valence-corrected chi connectivity index (χ4v) is 3.42. The Labute approximate surface area is 146 Å². The van der Waals surface area contributed by atoms with E-state index in [0.29, 0.717) is 12.6 Å². The molecule has 4 rings (SSSR count). The van der Waals surface area contributed by atoms with Crippen LogP contribution in [-0.4, -0.2) is 52.5 Å². The van der Waals surface area contributed by atoms with E-state index in [1.807, 2.05) is 18.3 Å². The maximum absolute atomic E-state index is 5.93. The summed E-state index contributed by atoms with van der Waals surface area (Å²) in [4.78, 5) is 6.53. The van der Waals surface area contributed by atoms with E-state index >= 15 is 0 Å². The van der Waals surface area contributed by atoms with Gasteiger partial charge in [0.25, 0.3) is 0 Å². The molecule has 0 spiro atoms. The molecule has 1 aromatic carbocycles. The first-order valence-electron chi connectivity index (χ1n) is 8.53. The fourth-order valence-electron chi connectivity index (χ4n) is 3.42. The highest BCUT2D eigenvalue weighted by Gasteiger charge is 2.32. The summed E-state index contributed by atoms with van der Waals surface area (Å²) in [6.07, 6.45) is 6.57. The molecule has 1 saturated heterocycles. The van der Waals surface area contributed by atoms with Crippen LogP contribution in [0.3, 0.4) is 0 Å². The van der Waals surface area contributed by atoms with Crippen molar-refractivity contribution in [2.24, 2.45) is 0 Å². The van der Waals surface area contributed by atoms with Crippen molar-refractivity contribution in [3.8, 4) is 5.75 Å². The molecule has 3 heterocycles. The quantitative estimate of drug-likeness (QED) is 0.748. The van der Waals surface area contributed by atoms with E-state index in [1.165, 1.54) is 5.56 Å². The first kappa shape index (κ1) is 16.1. The molecule has 0 saturated carbocycles. The predicted molar refractivity (Wildman–Crippen MR) is 95.4 cm³/mol. The van der Waals surface area contributed by atoms with Crippen LogP contribution in [0.4, 0.5) is 0 Å². The van der Waals surface area contributed by atoms with Crippen LogP contribution in [0.1, 0.15) is 12.0 Å². The summed E-state index contributed by atoms with van der Waals surface area (Å²) < 4.78 is 11.5. The molecule has 25 heavy (non-hydrogen) atoms. The molecule has 0 aliphatic carbocycles. The van der Waals surface area contributed by atoms with E-state index in [0.717, 1.165) is 36.2 Å². The number of fused-ring (bicyclic) bond motifs is 1. The average molecular weight is 338 g/mol. The second kappa shape index (κ2) is 7.21. The third-order valence-corrected chi connectivity index (χ3v) is 4.79. The Balaban J connectivity index is 1.45. The molecule has 0 unspecified atom stereocenters. The minimum atomic E-state index is 0.249. The molecule has 1 aliphatic rings.